The first-order chi connectivity index (χ1) is 20.0. The number of likely N-dealkylation sites (tertiary alicyclic amines) is 1. The summed E-state index contributed by atoms with van der Waals surface area (Å²) in [5, 5.41) is 15.3. The van der Waals surface area contributed by atoms with Crippen LogP contribution in [0.1, 0.15) is 54.4 Å². The number of hydrogen-bond acceptors (Lipinski definition) is 6. The Labute approximate surface area is 242 Å². The van der Waals surface area contributed by atoms with Gasteiger partial charge >= 0.3 is 6.03 Å². The molecule has 8 nitrogen and oxygen atoms in total. The van der Waals surface area contributed by atoms with E-state index < -0.39 is 6.29 Å². The van der Waals surface area contributed by atoms with Crippen molar-refractivity contribution in [1.82, 2.24) is 10.2 Å². The minimum absolute atomic E-state index is 0.0101. The molecule has 3 aromatic rings. The van der Waals surface area contributed by atoms with Gasteiger partial charge in [0.2, 0.25) is 0 Å². The molecule has 0 bridgehead atoms. The van der Waals surface area contributed by atoms with Gasteiger partial charge in [0.15, 0.2) is 6.29 Å². The molecule has 0 radical (unpaired) electrons. The van der Waals surface area contributed by atoms with E-state index in [1.54, 1.807) is 7.11 Å². The summed E-state index contributed by atoms with van der Waals surface area (Å²) in [5.41, 5.74) is 4.56. The number of rotatable bonds is 10. The van der Waals surface area contributed by atoms with Gasteiger partial charge in [0.1, 0.15) is 0 Å². The maximum absolute atomic E-state index is 12.4. The molecule has 3 aromatic carbocycles. The Bertz CT molecular complexity index is 1240. The third-order valence-electron chi connectivity index (χ3n) is 8.13. The van der Waals surface area contributed by atoms with Gasteiger partial charge in [0, 0.05) is 43.4 Å². The second-order valence-corrected chi connectivity index (χ2v) is 11.0. The average molecular weight is 560 g/mol. The molecular weight excluding hydrogens is 518 g/mol. The molecule has 2 aliphatic rings. The fourth-order valence-electron chi connectivity index (χ4n) is 5.75. The molecule has 5 atom stereocenters. The highest BCUT2D eigenvalue weighted by molar-refractivity contribution is 5.89. The summed E-state index contributed by atoms with van der Waals surface area (Å²) in [7, 11) is 1.76. The van der Waals surface area contributed by atoms with Gasteiger partial charge in [-0.1, -0.05) is 73.7 Å². The number of carbonyl (C=O) groups is 1. The quantitative estimate of drug-likeness (QED) is 0.308. The Kier molecular flexibility index (Phi) is 10.0. The Morgan fingerprint density at radius 3 is 2.41 bits per heavy atom. The van der Waals surface area contributed by atoms with Gasteiger partial charge in [0.25, 0.3) is 0 Å². The number of hydrogen-bond donors (Lipinski definition) is 3. The van der Waals surface area contributed by atoms with Crippen molar-refractivity contribution in [2.75, 3.05) is 32.1 Å². The highest BCUT2D eigenvalue weighted by Crippen LogP contribution is 2.42. The largest absolute Gasteiger partial charge is 0.392 e. The Hall–Kier alpha value is -3.27. The van der Waals surface area contributed by atoms with Crippen LogP contribution >= 0.6 is 0 Å². The summed E-state index contributed by atoms with van der Waals surface area (Å²) in [6.07, 6.45) is 1.53. The van der Waals surface area contributed by atoms with Gasteiger partial charge < -0.3 is 30.0 Å². The highest BCUT2D eigenvalue weighted by Gasteiger charge is 2.40. The topological polar surface area (TPSA) is 92.3 Å². The number of anilines is 1. The molecule has 8 heteroatoms. The molecule has 0 aromatic heterocycles. The van der Waals surface area contributed by atoms with E-state index in [2.05, 4.69) is 22.5 Å². The fraction of sp³-hybridized carbons (Fsp3) is 0.424. The van der Waals surface area contributed by atoms with Crippen LogP contribution in [0.3, 0.4) is 0 Å². The summed E-state index contributed by atoms with van der Waals surface area (Å²) in [6, 6.07) is 25.5. The SMILES string of the molecule is COC[C@@H]1CCCN1C[C@@H]1O[C@H](c2ccc(NC(=O)NCc3ccccc3)cc2)O[C@H](c2ccc(CO)cc2)[C@@H]1C. The zero-order valence-electron chi connectivity index (χ0n) is 23.9. The molecule has 3 N–H and O–H groups in total. The van der Waals surface area contributed by atoms with E-state index in [0.717, 1.165) is 54.8 Å². The lowest BCUT2D eigenvalue weighted by atomic mass is 9.90. The zero-order valence-corrected chi connectivity index (χ0v) is 23.9. The second-order valence-electron chi connectivity index (χ2n) is 11.0. The standard InChI is InChI=1S/C33H41N3O5/c1-23-30(20-36-18-6-9-29(36)22-39-2)40-32(41-31(23)26-12-10-25(21-37)11-13-26)27-14-16-28(17-15-27)35-33(38)34-19-24-7-4-3-5-8-24/h3-5,7-8,10-17,23,29-32,37H,6,9,18-22H2,1-2H3,(H2,34,35,38)/t23-,29+,30+,31+,32+/m1/s1. The Morgan fingerprint density at radius 2 is 1.71 bits per heavy atom. The molecule has 2 fully saturated rings. The van der Waals surface area contributed by atoms with E-state index in [4.69, 9.17) is 14.2 Å². The summed E-state index contributed by atoms with van der Waals surface area (Å²) >= 11 is 0. The summed E-state index contributed by atoms with van der Waals surface area (Å²) in [6.45, 7) is 5.22. The molecule has 0 spiro atoms. The molecule has 2 saturated heterocycles. The van der Waals surface area contributed by atoms with Crippen molar-refractivity contribution in [1.29, 1.82) is 0 Å². The third-order valence-corrected chi connectivity index (χ3v) is 8.13. The summed E-state index contributed by atoms with van der Waals surface area (Å²) < 4.78 is 18.7. The number of carbonyl (C=O) groups excluding carboxylic acids is 1. The number of benzene rings is 3. The third kappa shape index (κ3) is 7.52. The van der Waals surface area contributed by atoms with Crippen LogP contribution in [0.2, 0.25) is 0 Å². The van der Waals surface area contributed by atoms with Gasteiger partial charge in [-0.25, -0.2) is 4.79 Å². The fourth-order valence-corrected chi connectivity index (χ4v) is 5.75. The lowest BCUT2D eigenvalue weighted by molar-refractivity contribution is -0.276. The zero-order chi connectivity index (χ0) is 28.6. The molecule has 0 unspecified atom stereocenters. The van der Waals surface area contributed by atoms with E-state index in [1.807, 2.05) is 78.9 Å². The molecule has 41 heavy (non-hydrogen) atoms. The van der Waals surface area contributed by atoms with Crippen LogP contribution in [0.4, 0.5) is 10.5 Å². The number of urea groups is 1. The van der Waals surface area contributed by atoms with Gasteiger partial charge in [-0.3, -0.25) is 4.90 Å². The van der Waals surface area contributed by atoms with E-state index in [9.17, 15) is 9.90 Å². The van der Waals surface area contributed by atoms with Crippen LogP contribution in [0.15, 0.2) is 78.9 Å². The van der Waals surface area contributed by atoms with Gasteiger partial charge in [-0.2, -0.15) is 0 Å². The number of methoxy groups -OCH3 is 1. The van der Waals surface area contributed by atoms with Crippen LogP contribution in [-0.4, -0.2) is 55.0 Å². The van der Waals surface area contributed by atoms with Crippen LogP contribution < -0.4 is 10.6 Å². The summed E-state index contributed by atoms with van der Waals surface area (Å²) in [5.74, 6) is 0.115. The van der Waals surface area contributed by atoms with E-state index in [1.165, 1.54) is 0 Å². The van der Waals surface area contributed by atoms with Crippen LogP contribution in [0.25, 0.3) is 0 Å². The number of nitrogens with zero attached hydrogens (tertiary/aromatic N) is 1. The van der Waals surface area contributed by atoms with Crippen molar-refractivity contribution in [3.63, 3.8) is 0 Å². The van der Waals surface area contributed by atoms with Crippen molar-refractivity contribution >= 4 is 11.7 Å². The van der Waals surface area contributed by atoms with Crippen LogP contribution in [0, 0.1) is 5.92 Å². The lowest BCUT2D eigenvalue weighted by Crippen LogP contribution is -2.46. The van der Waals surface area contributed by atoms with E-state index in [0.29, 0.717) is 18.3 Å². The van der Waals surface area contributed by atoms with Crippen LogP contribution in [-0.2, 0) is 27.4 Å². The lowest BCUT2D eigenvalue weighted by Gasteiger charge is -2.43. The summed E-state index contributed by atoms with van der Waals surface area (Å²) in [4.78, 5) is 14.9. The Morgan fingerprint density at radius 1 is 0.976 bits per heavy atom. The van der Waals surface area contributed by atoms with Crippen molar-refractivity contribution in [3.8, 4) is 0 Å². The minimum atomic E-state index is -0.553. The first-order valence-electron chi connectivity index (χ1n) is 14.5. The molecular formula is C33H41N3O5. The molecule has 2 amide bonds. The monoisotopic (exact) mass is 559 g/mol. The number of amides is 2. The van der Waals surface area contributed by atoms with Crippen molar-refractivity contribution in [2.45, 2.75) is 57.5 Å². The van der Waals surface area contributed by atoms with Crippen LogP contribution in [0.5, 0.6) is 0 Å². The predicted molar refractivity (Wildman–Crippen MR) is 158 cm³/mol. The highest BCUT2D eigenvalue weighted by atomic mass is 16.7. The molecule has 2 aliphatic heterocycles. The van der Waals surface area contributed by atoms with Gasteiger partial charge in [-0.15, -0.1) is 0 Å². The molecule has 0 saturated carbocycles. The minimum Gasteiger partial charge on any atom is -0.392 e. The first-order valence-corrected chi connectivity index (χ1v) is 14.5. The second kappa shape index (κ2) is 14.1. The van der Waals surface area contributed by atoms with Crippen molar-refractivity contribution in [3.05, 3.63) is 101 Å². The van der Waals surface area contributed by atoms with Gasteiger partial charge in [0.05, 0.1) is 25.4 Å². The maximum Gasteiger partial charge on any atom is 0.319 e. The number of aliphatic hydroxyl groups is 1. The molecule has 2 heterocycles. The first kappa shape index (κ1) is 29.2. The van der Waals surface area contributed by atoms with E-state index in [-0.39, 0.29) is 30.8 Å². The molecule has 218 valence electrons. The predicted octanol–water partition coefficient (Wildman–Crippen LogP) is 5.40. The number of ether oxygens (including phenoxy) is 3. The number of nitrogens with one attached hydrogen (secondary N) is 2. The molecule has 5 rings (SSSR count). The Balaban J connectivity index is 1.28. The number of aliphatic hydroxyl groups excluding tert-OH is 1. The van der Waals surface area contributed by atoms with E-state index >= 15 is 0 Å². The van der Waals surface area contributed by atoms with Gasteiger partial charge in [-0.05, 0) is 48.2 Å². The normalized spacial score (nSPS) is 24.7. The smallest absolute Gasteiger partial charge is 0.319 e. The average Bonchev–Trinajstić information content (AvgIpc) is 3.44. The van der Waals surface area contributed by atoms with Crippen molar-refractivity contribution < 1.29 is 24.1 Å². The molecule has 0 aliphatic carbocycles. The maximum atomic E-state index is 12.4. The van der Waals surface area contributed by atoms with Crippen molar-refractivity contribution in [2.24, 2.45) is 5.92 Å².